The predicted octanol–water partition coefficient (Wildman–Crippen LogP) is 1.76. The highest BCUT2D eigenvalue weighted by molar-refractivity contribution is 5.87. The molecule has 1 saturated heterocycles. The minimum atomic E-state index is 0.0410. The van der Waals surface area contributed by atoms with Crippen LogP contribution in [0.25, 0.3) is 11.2 Å². The summed E-state index contributed by atoms with van der Waals surface area (Å²) in [5.74, 6) is 3.61. The third-order valence-corrected chi connectivity index (χ3v) is 7.56. The molecule has 3 heterocycles. The number of rotatable bonds is 4. The fourth-order valence-corrected chi connectivity index (χ4v) is 6.67. The molecule has 148 valence electrons. The highest BCUT2D eigenvalue weighted by Gasteiger charge is 2.52. The van der Waals surface area contributed by atoms with Crippen LogP contribution in [0.2, 0.25) is 0 Å². The number of carbonyl (C=O) groups is 1. The zero-order chi connectivity index (χ0) is 18.9. The number of amides is 1. The Morgan fingerprint density at radius 2 is 1.82 bits per heavy atom. The Labute approximate surface area is 164 Å². The molecule has 0 aromatic carbocycles. The lowest BCUT2D eigenvalue weighted by Crippen LogP contribution is -2.63. The third kappa shape index (κ3) is 2.46. The summed E-state index contributed by atoms with van der Waals surface area (Å²) in [6, 6.07) is 0. The van der Waals surface area contributed by atoms with E-state index >= 15 is 0 Å². The minimum absolute atomic E-state index is 0.0410. The molecule has 7 rings (SSSR count). The third-order valence-electron chi connectivity index (χ3n) is 7.56. The average Bonchev–Trinajstić information content (AvgIpc) is 3.02. The van der Waals surface area contributed by atoms with Gasteiger partial charge in [-0.25, -0.2) is 14.6 Å². The van der Waals surface area contributed by atoms with Gasteiger partial charge in [0.15, 0.2) is 17.0 Å². The van der Waals surface area contributed by atoms with Crippen LogP contribution in [0, 0.1) is 23.7 Å². The van der Waals surface area contributed by atoms with Crippen molar-refractivity contribution in [2.24, 2.45) is 23.7 Å². The molecule has 4 aliphatic carbocycles. The van der Waals surface area contributed by atoms with Crippen LogP contribution in [0.5, 0.6) is 0 Å². The van der Waals surface area contributed by atoms with E-state index in [-0.39, 0.29) is 17.4 Å². The zero-order valence-electron chi connectivity index (χ0n) is 16.3. The van der Waals surface area contributed by atoms with Gasteiger partial charge in [-0.05, 0) is 63.2 Å². The number of carbonyl (C=O) groups excluding carboxylic acids is 1. The Bertz CT molecular complexity index is 896. The summed E-state index contributed by atoms with van der Waals surface area (Å²) in [5.41, 5.74) is 1.58. The SMILES string of the molecule is CCn1nnc2c(N3CC(C(=O)NC45CC6CC(CC(C6)C4)C5)C3)ncnc21. The van der Waals surface area contributed by atoms with E-state index in [1.165, 1.54) is 38.5 Å². The first-order chi connectivity index (χ1) is 13.6. The fraction of sp³-hybridized carbons (Fsp3) is 0.750. The molecular formula is C20H27N7O. The van der Waals surface area contributed by atoms with Gasteiger partial charge in [0.05, 0.1) is 5.92 Å². The first kappa shape index (κ1) is 16.7. The van der Waals surface area contributed by atoms with E-state index in [4.69, 9.17) is 0 Å². The maximum absolute atomic E-state index is 13.0. The highest BCUT2D eigenvalue weighted by atomic mass is 16.2. The largest absolute Gasteiger partial charge is 0.353 e. The van der Waals surface area contributed by atoms with Gasteiger partial charge in [-0.3, -0.25) is 4.79 Å². The smallest absolute Gasteiger partial charge is 0.227 e. The van der Waals surface area contributed by atoms with Gasteiger partial charge in [0.25, 0.3) is 0 Å². The van der Waals surface area contributed by atoms with Crippen molar-refractivity contribution in [2.45, 2.75) is 57.5 Å². The number of aromatic nitrogens is 5. The first-order valence-electron chi connectivity index (χ1n) is 10.7. The van der Waals surface area contributed by atoms with Crippen molar-refractivity contribution in [2.75, 3.05) is 18.0 Å². The first-order valence-corrected chi connectivity index (χ1v) is 10.7. The van der Waals surface area contributed by atoms with Gasteiger partial charge < -0.3 is 10.2 Å². The normalized spacial score (nSPS) is 34.0. The zero-order valence-corrected chi connectivity index (χ0v) is 16.3. The molecule has 0 radical (unpaired) electrons. The summed E-state index contributed by atoms with van der Waals surface area (Å²) in [7, 11) is 0. The van der Waals surface area contributed by atoms with Crippen molar-refractivity contribution in [1.82, 2.24) is 30.3 Å². The van der Waals surface area contributed by atoms with E-state index in [9.17, 15) is 4.79 Å². The van der Waals surface area contributed by atoms with Crippen molar-refractivity contribution in [1.29, 1.82) is 0 Å². The molecule has 2 aromatic heterocycles. The Morgan fingerprint density at radius 3 is 2.46 bits per heavy atom. The summed E-state index contributed by atoms with van der Waals surface area (Å²) in [5, 5.41) is 11.9. The van der Waals surface area contributed by atoms with E-state index < -0.39 is 0 Å². The summed E-state index contributed by atoms with van der Waals surface area (Å²) >= 11 is 0. The molecule has 4 saturated carbocycles. The van der Waals surface area contributed by atoms with Gasteiger partial charge in [0.2, 0.25) is 5.91 Å². The maximum atomic E-state index is 13.0. The van der Waals surface area contributed by atoms with Gasteiger partial charge in [-0.2, -0.15) is 0 Å². The molecule has 8 nitrogen and oxygen atoms in total. The number of nitrogens with zero attached hydrogens (tertiary/aromatic N) is 6. The summed E-state index contributed by atoms with van der Waals surface area (Å²) in [4.78, 5) is 23.9. The molecule has 28 heavy (non-hydrogen) atoms. The molecule has 4 bridgehead atoms. The monoisotopic (exact) mass is 381 g/mol. The van der Waals surface area contributed by atoms with Crippen LogP contribution in [0.1, 0.15) is 45.4 Å². The molecular weight excluding hydrogens is 354 g/mol. The molecule has 5 aliphatic rings. The number of nitrogens with one attached hydrogen (secondary N) is 1. The lowest BCUT2D eigenvalue weighted by atomic mass is 9.53. The Hall–Kier alpha value is -2.25. The Balaban J connectivity index is 1.14. The van der Waals surface area contributed by atoms with Crippen molar-refractivity contribution < 1.29 is 4.79 Å². The summed E-state index contributed by atoms with van der Waals surface area (Å²) < 4.78 is 1.78. The number of anilines is 1. The number of hydrogen-bond donors (Lipinski definition) is 1. The van der Waals surface area contributed by atoms with Crippen molar-refractivity contribution in [3.63, 3.8) is 0 Å². The molecule has 0 unspecified atom stereocenters. The van der Waals surface area contributed by atoms with Gasteiger partial charge >= 0.3 is 0 Å². The van der Waals surface area contributed by atoms with E-state index in [2.05, 4.69) is 30.5 Å². The van der Waals surface area contributed by atoms with Crippen LogP contribution in [-0.4, -0.2) is 49.5 Å². The number of aryl methyl sites for hydroxylation is 1. The van der Waals surface area contributed by atoms with Gasteiger partial charge in [0.1, 0.15) is 6.33 Å². The van der Waals surface area contributed by atoms with Crippen LogP contribution >= 0.6 is 0 Å². The highest BCUT2D eigenvalue weighted by Crippen LogP contribution is 2.55. The maximum Gasteiger partial charge on any atom is 0.227 e. The molecule has 0 spiro atoms. The number of fused-ring (bicyclic) bond motifs is 1. The summed E-state index contributed by atoms with van der Waals surface area (Å²) in [6.45, 7) is 4.14. The minimum Gasteiger partial charge on any atom is -0.353 e. The molecule has 8 heteroatoms. The predicted molar refractivity (Wildman–Crippen MR) is 104 cm³/mol. The van der Waals surface area contributed by atoms with E-state index in [0.29, 0.717) is 13.1 Å². The summed E-state index contributed by atoms with van der Waals surface area (Å²) in [6.07, 6.45) is 9.36. The van der Waals surface area contributed by atoms with Crippen LogP contribution in [0.15, 0.2) is 6.33 Å². The fourth-order valence-electron chi connectivity index (χ4n) is 6.67. The van der Waals surface area contributed by atoms with Gasteiger partial charge in [0, 0.05) is 25.2 Å². The molecule has 1 amide bonds. The lowest BCUT2D eigenvalue weighted by molar-refractivity contribution is -0.131. The second-order valence-electron chi connectivity index (χ2n) is 9.56. The van der Waals surface area contributed by atoms with Gasteiger partial charge in [-0.1, -0.05) is 5.21 Å². The molecule has 1 aliphatic heterocycles. The van der Waals surface area contributed by atoms with E-state index in [1.54, 1.807) is 11.0 Å². The average molecular weight is 381 g/mol. The molecule has 2 aromatic rings. The lowest BCUT2D eigenvalue weighted by Gasteiger charge is -2.57. The number of hydrogen-bond acceptors (Lipinski definition) is 6. The van der Waals surface area contributed by atoms with Crippen molar-refractivity contribution in [3.05, 3.63) is 6.33 Å². The molecule has 0 atom stereocenters. The van der Waals surface area contributed by atoms with Crippen LogP contribution < -0.4 is 10.2 Å². The van der Waals surface area contributed by atoms with Crippen LogP contribution in [0.3, 0.4) is 0 Å². The topological polar surface area (TPSA) is 88.8 Å². The van der Waals surface area contributed by atoms with Crippen molar-refractivity contribution >= 4 is 22.9 Å². The van der Waals surface area contributed by atoms with Crippen LogP contribution in [0.4, 0.5) is 5.82 Å². The van der Waals surface area contributed by atoms with E-state index in [0.717, 1.165) is 41.3 Å². The quantitative estimate of drug-likeness (QED) is 0.868. The second-order valence-corrected chi connectivity index (χ2v) is 9.56. The van der Waals surface area contributed by atoms with Gasteiger partial charge in [-0.15, -0.1) is 5.10 Å². The standard InChI is InChI=1S/C20H27N7O/c1-2-27-18-16(24-25-27)17(21-11-22-18)26-9-15(10-26)19(28)23-20-6-12-3-13(7-20)5-14(4-12)8-20/h11-15H,2-10H2,1H3,(H,23,28). The molecule has 1 N–H and O–H groups in total. The van der Waals surface area contributed by atoms with Crippen LogP contribution in [-0.2, 0) is 11.3 Å². The van der Waals surface area contributed by atoms with Crippen molar-refractivity contribution in [3.8, 4) is 0 Å². The molecule has 5 fully saturated rings. The second kappa shape index (κ2) is 5.87. The van der Waals surface area contributed by atoms with E-state index in [1.807, 2.05) is 6.92 Å². The Morgan fingerprint density at radius 1 is 1.14 bits per heavy atom. The Kier molecular flexibility index (Phi) is 3.50.